The lowest BCUT2D eigenvalue weighted by Crippen LogP contribution is -2.44. The minimum Gasteiger partial charge on any atom is -0.385 e. The van der Waals surface area contributed by atoms with Gasteiger partial charge in [-0.15, -0.1) is 0 Å². The van der Waals surface area contributed by atoms with Gasteiger partial charge in [0, 0.05) is 0 Å². The van der Waals surface area contributed by atoms with Gasteiger partial charge in [0.1, 0.15) is 12.6 Å². The zero-order chi connectivity index (χ0) is 14.4. The molecule has 1 N–H and O–H groups in total. The Bertz CT molecular complexity index is 321. The Balaban J connectivity index is 1.88. The van der Waals surface area contributed by atoms with Gasteiger partial charge in [0.15, 0.2) is 0 Å². The molecule has 0 unspecified atom stereocenters. The molecule has 0 aromatic heterocycles. The summed E-state index contributed by atoms with van der Waals surface area (Å²) in [7, 11) is 6.31. The molecule has 3 heteroatoms. The van der Waals surface area contributed by atoms with Crippen LogP contribution in [0.5, 0.6) is 0 Å². The summed E-state index contributed by atoms with van der Waals surface area (Å²) in [5.74, 6) is 2.13. The molecule has 2 bridgehead atoms. The Kier molecular flexibility index (Phi) is 4.03. The fourth-order valence-corrected chi connectivity index (χ4v) is 4.68. The summed E-state index contributed by atoms with van der Waals surface area (Å²) >= 11 is 0. The third-order valence-corrected chi connectivity index (χ3v) is 5.49. The molecule has 0 radical (unpaired) electrons. The van der Waals surface area contributed by atoms with Gasteiger partial charge in [0.05, 0.1) is 33.9 Å². The third-order valence-electron chi connectivity index (χ3n) is 5.49. The van der Waals surface area contributed by atoms with Crippen molar-refractivity contribution >= 4 is 0 Å². The minimum atomic E-state index is -0.352. The fraction of sp³-hybridized carbons (Fsp3) is 1.00. The summed E-state index contributed by atoms with van der Waals surface area (Å²) in [6, 6.07) is 0. The number of fused-ring (bicyclic) bond motifs is 2. The zero-order valence-electron chi connectivity index (χ0n) is 13.5. The summed E-state index contributed by atoms with van der Waals surface area (Å²) in [5, 5.41) is 10.1. The van der Waals surface area contributed by atoms with Crippen LogP contribution in [0.15, 0.2) is 0 Å². The third kappa shape index (κ3) is 2.98. The van der Waals surface area contributed by atoms with Gasteiger partial charge in [0.2, 0.25) is 0 Å². The second-order valence-corrected chi connectivity index (χ2v) is 8.40. The average molecular weight is 270 g/mol. The molecule has 5 atom stereocenters. The van der Waals surface area contributed by atoms with E-state index in [9.17, 15) is 5.11 Å². The van der Waals surface area contributed by atoms with Crippen molar-refractivity contribution in [3.63, 3.8) is 0 Å². The first-order chi connectivity index (χ1) is 8.63. The molecule has 2 fully saturated rings. The molecule has 0 heterocycles. The van der Waals surface area contributed by atoms with Crippen LogP contribution in [0.3, 0.4) is 0 Å². The van der Waals surface area contributed by atoms with Gasteiger partial charge in [-0.05, 0) is 36.0 Å². The maximum atomic E-state index is 10.1. The van der Waals surface area contributed by atoms with Crippen LogP contribution in [0.1, 0.15) is 33.6 Å². The van der Waals surface area contributed by atoms with Crippen LogP contribution in [0.25, 0.3) is 0 Å². The number of hydrogen-bond donors (Lipinski definition) is 1. The lowest BCUT2D eigenvalue weighted by atomic mass is 9.80. The van der Waals surface area contributed by atoms with Crippen molar-refractivity contribution in [2.45, 2.75) is 45.8 Å². The van der Waals surface area contributed by atoms with E-state index in [4.69, 9.17) is 4.74 Å². The van der Waals surface area contributed by atoms with Crippen molar-refractivity contribution in [3.8, 4) is 0 Å². The van der Waals surface area contributed by atoms with Gasteiger partial charge < -0.3 is 14.3 Å². The molecule has 0 amide bonds. The second-order valence-electron chi connectivity index (χ2n) is 8.40. The second kappa shape index (κ2) is 5.01. The number of likely N-dealkylation sites (N-methyl/N-ethyl adjacent to an activating group) is 1. The summed E-state index contributed by atoms with van der Waals surface area (Å²) in [4.78, 5) is 0. The van der Waals surface area contributed by atoms with E-state index in [1.807, 2.05) is 0 Å². The Morgan fingerprint density at radius 3 is 2.26 bits per heavy atom. The van der Waals surface area contributed by atoms with Crippen molar-refractivity contribution in [3.05, 3.63) is 0 Å². The molecule has 0 aromatic rings. The van der Waals surface area contributed by atoms with Gasteiger partial charge in [-0.3, -0.25) is 0 Å². The standard InChI is InChI=1S/C16H32NO2/c1-11-13-7-8-14(16(13,2)3)15(11)19-10-12(18)9-17(4,5)6/h11-15,18H,7-10H2,1-6H3/q+1/t11-,12-,13-,14-,15+/m0/s1. The van der Waals surface area contributed by atoms with E-state index in [0.717, 1.165) is 16.9 Å². The minimum absolute atomic E-state index is 0.352. The highest BCUT2D eigenvalue weighted by molar-refractivity contribution is 5.06. The maximum absolute atomic E-state index is 10.1. The first-order valence-electron chi connectivity index (χ1n) is 7.73. The molecular weight excluding hydrogens is 238 g/mol. The zero-order valence-corrected chi connectivity index (χ0v) is 13.5. The molecular formula is C16H32NO2+. The molecule has 0 aromatic carbocycles. The van der Waals surface area contributed by atoms with Crippen LogP contribution in [0, 0.1) is 23.2 Å². The van der Waals surface area contributed by atoms with Crippen molar-refractivity contribution in [2.75, 3.05) is 34.3 Å². The summed E-state index contributed by atoms with van der Waals surface area (Å²) < 4.78 is 6.91. The Morgan fingerprint density at radius 1 is 1.21 bits per heavy atom. The molecule has 2 aliphatic carbocycles. The average Bonchev–Trinajstić information content (AvgIpc) is 2.60. The molecule has 19 heavy (non-hydrogen) atoms. The number of quaternary nitrogens is 1. The molecule has 0 aliphatic heterocycles. The lowest BCUT2D eigenvalue weighted by Gasteiger charge is -2.31. The van der Waals surface area contributed by atoms with Crippen molar-refractivity contribution in [2.24, 2.45) is 23.2 Å². The van der Waals surface area contributed by atoms with Crippen molar-refractivity contribution in [1.29, 1.82) is 0 Å². The Labute approximate surface area is 118 Å². The molecule has 2 aliphatic rings. The van der Waals surface area contributed by atoms with Gasteiger partial charge in [-0.2, -0.15) is 0 Å². The van der Waals surface area contributed by atoms with Crippen LogP contribution >= 0.6 is 0 Å². The first kappa shape index (κ1) is 15.3. The smallest absolute Gasteiger partial charge is 0.126 e. The normalized spacial score (nSPS) is 38.7. The highest BCUT2D eigenvalue weighted by atomic mass is 16.5. The number of aliphatic hydroxyl groups is 1. The predicted octanol–water partition coefficient (Wildman–Crippen LogP) is 2.14. The monoisotopic (exact) mass is 270 g/mol. The largest absolute Gasteiger partial charge is 0.385 e. The number of nitrogens with zero attached hydrogens (tertiary/aromatic N) is 1. The SMILES string of the molecule is C[C@@H]1[C@@H](OC[C@@H](O)C[N+](C)(C)C)[C@@H]2CC[C@@H]1C2(C)C. The van der Waals surface area contributed by atoms with Crippen molar-refractivity contribution in [1.82, 2.24) is 0 Å². The number of ether oxygens (including phenoxy) is 1. The summed E-state index contributed by atoms with van der Waals surface area (Å²) in [6.07, 6.45) is 2.67. The van der Waals surface area contributed by atoms with Crippen LogP contribution in [-0.2, 0) is 4.74 Å². The lowest BCUT2D eigenvalue weighted by molar-refractivity contribution is -0.873. The predicted molar refractivity (Wildman–Crippen MR) is 77.8 cm³/mol. The van der Waals surface area contributed by atoms with Crippen LogP contribution in [0.2, 0.25) is 0 Å². The van der Waals surface area contributed by atoms with E-state index >= 15 is 0 Å². The van der Waals surface area contributed by atoms with Crippen molar-refractivity contribution < 1.29 is 14.3 Å². The number of hydrogen-bond acceptors (Lipinski definition) is 2. The topological polar surface area (TPSA) is 29.5 Å². The van der Waals surface area contributed by atoms with Crippen LogP contribution in [-0.4, -0.2) is 56.1 Å². The van der Waals surface area contributed by atoms with Gasteiger partial charge in [-0.25, -0.2) is 0 Å². The van der Waals surface area contributed by atoms with Crippen LogP contribution < -0.4 is 0 Å². The van der Waals surface area contributed by atoms with E-state index in [-0.39, 0.29) is 6.10 Å². The Morgan fingerprint density at radius 2 is 1.79 bits per heavy atom. The quantitative estimate of drug-likeness (QED) is 0.776. The molecule has 0 spiro atoms. The molecule has 3 nitrogen and oxygen atoms in total. The van der Waals surface area contributed by atoms with E-state index in [1.54, 1.807) is 0 Å². The summed E-state index contributed by atoms with van der Waals surface area (Å²) in [5.41, 5.74) is 0.426. The maximum Gasteiger partial charge on any atom is 0.126 e. The highest BCUT2D eigenvalue weighted by Crippen LogP contribution is 2.60. The van der Waals surface area contributed by atoms with Gasteiger partial charge in [0.25, 0.3) is 0 Å². The van der Waals surface area contributed by atoms with Gasteiger partial charge >= 0.3 is 0 Å². The number of rotatable bonds is 5. The Hall–Kier alpha value is -0.120. The molecule has 2 saturated carbocycles. The van der Waals surface area contributed by atoms with E-state index in [2.05, 4.69) is 41.9 Å². The van der Waals surface area contributed by atoms with E-state index in [0.29, 0.717) is 30.0 Å². The summed E-state index contributed by atoms with van der Waals surface area (Å²) in [6.45, 7) is 8.38. The van der Waals surface area contributed by atoms with E-state index < -0.39 is 0 Å². The highest BCUT2D eigenvalue weighted by Gasteiger charge is 2.57. The molecule has 0 saturated heterocycles. The van der Waals surface area contributed by atoms with E-state index in [1.165, 1.54) is 12.8 Å². The molecule has 2 rings (SSSR count). The fourth-order valence-electron chi connectivity index (χ4n) is 4.68. The molecule has 112 valence electrons. The van der Waals surface area contributed by atoms with Gasteiger partial charge in [-0.1, -0.05) is 20.8 Å². The number of aliphatic hydroxyl groups excluding tert-OH is 1. The first-order valence-corrected chi connectivity index (χ1v) is 7.73. The van der Waals surface area contributed by atoms with Crippen LogP contribution in [0.4, 0.5) is 0 Å².